The van der Waals surface area contributed by atoms with Gasteiger partial charge in [-0.25, -0.2) is 0 Å². The van der Waals surface area contributed by atoms with E-state index in [1.807, 2.05) is 0 Å². The van der Waals surface area contributed by atoms with E-state index in [-0.39, 0.29) is 0 Å². The Kier molecular flexibility index (Phi) is 3.65. The van der Waals surface area contributed by atoms with E-state index in [4.69, 9.17) is 4.74 Å². The molecule has 0 amide bonds. The fourth-order valence-corrected chi connectivity index (χ4v) is 22.8. The molecule has 0 spiro atoms. The summed E-state index contributed by atoms with van der Waals surface area (Å²) in [5, 5.41) is 0. The zero-order chi connectivity index (χ0) is 10.1. The second kappa shape index (κ2) is 4.61. The third kappa shape index (κ3) is 1.93. The van der Waals surface area contributed by atoms with Crippen LogP contribution in [0.15, 0.2) is 12.1 Å². The predicted octanol–water partition coefficient (Wildman–Crippen LogP) is 0.0254. The molecule has 0 N–H and O–H groups in total. The van der Waals surface area contributed by atoms with Gasteiger partial charge in [-0.15, -0.1) is 0 Å². The van der Waals surface area contributed by atoms with E-state index in [9.17, 15) is 0 Å². The van der Waals surface area contributed by atoms with Crippen LogP contribution in [0.4, 0.5) is 0 Å². The first-order chi connectivity index (χ1) is 6.74. The SMILES string of the molecule is COc1ccc(C(C)C)c2c1[Se][Se][Se]2. The van der Waals surface area contributed by atoms with Crippen LogP contribution in [0.2, 0.25) is 0 Å². The van der Waals surface area contributed by atoms with Crippen LogP contribution in [-0.4, -0.2) is 44.7 Å². The van der Waals surface area contributed by atoms with Crippen molar-refractivity contribution in [3.8, 4) is 5.75 Å². The first kappa shape index (κ1) is 11.1. The summed E-state index contributed by atoms with van der Waals surface area (Å²) < 4.78 is 8.68. The van der Waals surface area contributed by atoms with E-state index in [0.717, 1.165) is 43.3 Å². The molecule has 1 aromatic carbocycles. The average molecular weight is 385 g/mol. The molecule has 0 unspecified atom stereocenters. The van der Waals surface area contributed by atoms with E-state index in [1.165, 1.54) is 0 Å². The van der Waals surface area contributed by atoms with Crippen molar-refractivity contribution in [1.82, 2.24) is 0 Å². The first-order valence-corrected chi connectivity index (χ1v) is 14.8. The van der Waals surface area contributed by atoms with Crippen LogP contribution in [0, 0.1) is 0 Å². The van der Waals surface area contributed by atoms with Gasteiger partial charge < -0.3 is 0 Å². The van der Waals surface area contributed by atoms with Crippen molar-refractivity contribution in [3.05, 3.63) is 17.7 Å². The molecular weight excluding hydrogens is 373 g/mol. The van der Waals surface area contributed by atoms with E-state index in [0.29, 0.717) is 5.92 Å². The zero-order valence-electron chi connectivity index (χ0n) is 8.37. The van der Waals surface area contributed by atoms with Gasteiger partial charge in [0.15, 0.2) is 0 Å². The number of hydrogen-bond acceptors (Lipinski definition) is 1. The van der Waals surface area contributed by atoms with Crippen molar-refractivity contribution in [2.75, 3.05) is 7.11 Å². The van der Waals surface area contributed by atoms with Crippen LogP contribution < -0.4 is 13.7 Å². The molecule has 0 aliphatic carbocycles. The van der Waals surface area contributed by atoms with Crippen molar-refractivity contribution >= 4 is 46.5 Å². The Morgan fingerprint density at radius 3 is 2.50 bits per heavy atom. The number of fused-ring (bicyclic) bond motifs is 1. The molecule has 1 aromatic rings. The van der Waals surface area contributed by atoms with Crippen LogP contribution in [-0.2, 0) is 0 Å². The van der Waals surface area contributed by atoms with E-state index in [2.05, 4.69) is 26.0 Å². The fourth-order valence-electron chi connectivity index (χ4n) is 1.43. The molecule has 1 aliphatic heterocycles. The summed E-state index contributed by atoms with van der Waals surface area (Å²) in [6, 6.07) is 4.43. The van der Waals surface area contributed by atoms with Gasteiger partial charge in [0.2, 0.25) is 0 Å². The minimum absolute atomic E-state index is 0.668. The Morgan fingerprint density at radius 2 is 1.86 bits per heavy atom. The molecule has 1 aliphatic rings. The molecule has 1 heterocycles. The molecule has 0 aromatic heterocycles. The molecular formula is C10H12OSe3. The Labute approximate surface area is 101 Å². The molecule has 2 rings (SSSR count). The number of ether oxygens (including phenoxy) is 1. The van der Waals surface area contributed by atoms with Crippen molar-refractivity contribution in [2.24, 2.45) is 0 Å². The molecule has 0 saturated carbocycles. The molecule has 0 fully saturated rings. The van der Waals surface area contributed by atoms with Crippen LogP contribution in [0.25, 0.3) is 0 Å². The van der Waals surface area contributed by atoms with Crippen LogP contribution in [0.3, 0.4) is 0 Å². The summed E-state index contributed by atoms with van der Waals surface area (Å²) >= 11 is 2.40. The van der Waals surface area contributed by atoms with Crippen LogP contribution >= 0.6 is 0 Å². The average Bonchev–Trinajstić information content (AvgIpc) is 2.64. The first-order valence-electron chi connectivity index (χ1n) is 4.46. The van der Waals surface area contributed by atoms with E-state index >= 15 is 0 Å². The molecule has 14 heavy (non-hydrogen) atoms. The van der Waals surface area contributed by atoms with Crippen molar-refractivity contribution in [3.63, 3.8) is 0 Å². The summed E-state index contributed by atoms with van der Waals surface area (Å²) in [6.45, 7) is 4.58. The van der Waals surface area contributed by atoms with E-state index in [1.54, 1.807) is 21.6 Å². The molecule has 0 atom stereocenters. The van der Waals surface area contributed by atoms with Gasteiger partial charge in [0.25, 0.3) is 0 Å². The molecule has 0 saturated heterocycles. The Bertz CT molecular complexity index is 349. The Morgan fingerprint density at radius 1 is 1.14 bits per heavy atom. The molecule has 4 heteroatoms. The second-order valence-electron chi connectivity index (χ2n) is 3.40. The number of rotatable bonds is 2. The van der Waals surface area contributed by atoms with Gasteiger partial charge in [-0.3, -0.25) is 0 Å². The minimum atomic E-state index is 0.668. The van der Waals surface area contributed by atoms with Gasteiger partial charge in [-0.1, -0.05) is 0 Å². The maximum atomic E-state index is 5.43. The molecule has 76 valence electrons. The van der Waals surface area contributed by atoms with Gasteiger partial charge in [0.05, 0.1) is 0 Å². The standard InChI is InChI=1S/C10H12OSe3/c1-6(2)7-4-5-8(11-3)10-9(7)12-14-13-10/h4-6H,1-3H3. The van der Waals surface area contributed by atoms with Crippen molar-refractivity contribution < 1.29 is 4.74 Å². The maximum absolute atomic E-state index is 5.43. The quantitative estimate of drug-likeness (QED) is 0.653. The molecule has 0 bridgehead atoms. The van der Waals surface area contributed by atoms with E-state index < -0.39 is 0 Å². The summed E-state index contributed by atoms with van der Waals surface area (Å²) in [5.41, 5.74) is 1.57. The predicted molar refractivity (Wildman–Crippen MR) is 63.6 cm³/mol. The topological polar surface area (TPSA) is 9.23 Å². The van der Waals surface area contributed by atoms with Crippen LogP contribution in [0.5, 0.6) is 5.75 Å². The number of benzene rings is 1. The summed E-state index contributed by atoms with van der Waals surface area (Å²) in [7, 11) is 1.79. The van der Waals surface area contributed by atoms with Crippen LogP contribution in [0.1, 0.15) is 25.3 Å². The number of methoxy groups -OCH3 is 1. The van der Waals surface area contributed by atoms with Gasteiger partial charge in [0, 0.05) is 0 Å². The van der Waals surface area contributed by atoms with Gasteiger partial charge in [-0.2, -0.15) is 0 Å². The summed E-state index contributed by atoms with van der Waals surface area (Å²) in [6.07, 6.45) is 0. The molecule has 0 radical (unpaired) electrons. The zero-order valence-corrected chi connectivity index (χ0v) is 13.5. The summed E-state index contributed by atoms with van der Waals surface area (Å²) in [4.78, 5) is 0. The fraction of sp³-hybridized carbons (Fsp3) is 0.400. The second-order valence-corrected chi connectivity index (χ2v) is 18.9. The van der Waals surface area contributed by atoms with Crippen molar-refractivity contribution in [2.45, 2.75) is 19.8 Å². The Balaban J connectivity index is 2.53. The number of hydrogen-bond donors (Lipinski definition) is 0. The Hall–Kier alpha value is 0.578. The summed E-state index contributed by atoms with van der Waals surface area (Å²) in [5.74, 6) is 1.81. The van der Waals surface area contributed by atoms with Gasteiger partial charge >= 0.3 is 102 Å². The third-order valence-electron chi connectivity index (χ3n) is 2.18. The van der Waals surface area contributed by atoms with Gasteiger partial charge in [0.1, 0.15) is 0 Å². The normalized spacial score (nSPS) is 14.6. The van der Waals surface area contributed by atoms with Crippen molar-refractivity contribution in [1.29, 1.82) is 0 Å². The molecule has 1 nitrogen and oxygen atoms in total. The monoisotopic (exact) mass is 388 g/mol. The van der Waals surface area contributed by atoms with Gasteiger partial charge in [-0.05, 0) is 0 Å². The third-order valence-corrected chi connectivity index (χ3v) is 18.4.